The first-order valence-corrected chi connectivity index (χ1v) is 12.1. The zero-order valence-corrected chi connectivity index (χ0v) is 19.3. The molecule has 2 rings (SSSR count). The average Bonchev–Trinajstić information content (AvgIpc) is 3.03. The lowest BCUT2D eigenvalue weighted by molar-refractivity contribution is -0.140. The summed E-state index contributed by atoms with van der Waals surface area (Å²) in [6.45, 7) is 2.16. The zero-order chi connectivity index (χ0) is 21.9. The predicted molar refractivity (Wildman–Crippen MR) is 122 cm³/mol. The summed E-state index contributed by atoms with van der Waals surface area (Å²) in [5, 5.41) is 21.0. The van der Waals surface area contributed by atoms with Gasteiger partial charge in [-0.15, -0.1) is 11.6 Å². The average molecular weight is 439 g/mol. The van der Waals surface area contributed by atoms with E-state index in [4.69, 9.17) is 11.6 Å². The SMILES string of the molecule is CCCCCC(O)c1ccc([C@@H]2[C@@H](CCCCCCC(=O)OC)[C@@H](Cl)C[C@H]2O)cc1. The van der Waals surface area contributed by atoms with Crippen molar-refractivity contribution < 1.29 is 19.7 Å². The maximum atomic E-state index is 11.2. The molecule has 1 aromatic carbocycles. The molecular weight excluding hydrogens is 400 g/mol. The molecule has 0 amide bonds. The number of aliphatic hydroxyl groups is 2. The van der Waals surface area contributed by atoms with Crippen molar-refractivity contribution in [3.05, 3.63) is 35.4 Å². The number of benzene rings is 1. The van der Waals surface area contributed by atoms with Crippen LogP contribution < -0.4 is 0 Å². The van der Waals surface area contributed by atoms with Crippen molar-refractivity contribution in [2.24, 2.45) is 5.92 Å². The number of esters is 1. The second-order valence-corrected chi connectivity index (χ2v) is 9.28. The maximum Gasteiger partial charge on any atom is 0.305 e. The first-order chi connectivity index (χ1) is 14.5. The van der Waals surface area contributed by atoms with Gasteiger partial charge >= 0.3 is 5.97 Å². The van der Waals surface area contributed by atoms with Gasteiger partial charge in [-0.05, 0) is 42.7 Å². The Kier molecular flexibility index (Phi) is 11.2. The van der Waals surface area contributed by atoms with Crippen molar-refractivity contribution >= 4 is 17.6 Å². The van der Waals surface area contributed by atoms with Crippen LogP contribution in [0.5, 0.6) is 0 Å². The van der Waals surface area contributed by atoms with Crippen LogP contribution in [-0.2, 0) is 9.53 Å². The summed E-state index contributed by atoms with van der Waals surface area (Å²) in [5.74, 6) is 0.158. The molecule has 1 aromatic rings. The van der Waals surface area contributed by atoms with Crippen LogP contribution in [0.4, 0.5) is 0 Å². The normalized spacial score (nSPS) is 24.7. The van der Waals surface area contributed by atoms with E-state index in [9.17, 15) is 15.0 Å². The molecule has 0 radical (unpaired) electrons. The molecular formula is C25H39ClO4. The largest absolute Gasteiger partial charge is 0.469 e. The Morgan fingerprint density at radius 3 is 2.50 bits per heavy atom. The van der Waals surface area contributed by atoms with Gasteiger partial charge in [0, 0.05) is 17.7 Å². The molecule has 2 N–H and O–H groups in total. The molecule has 5 heteroatoms. The lowest BCUT2D eigenvalue weighted by Gasteiger charge is -2.24. The van der Waals surface area contributed by atoms with Crippen LogP contribution in [0.15, 0.2) is 24.3 Å². The number of methoxy groups -OCH3 is 1. The van der Waals surface area contributed by atoms with Gasteiger partial charge in [-0.2, -0.15) is 0 Å². The van der Waals surface area contributed by atoms with Gasteiger partial charge in [0.25, 0.3) is 0 Å². The maximum absolute atomic E-state index is 11.2. The predicted octanol–water partition coefficient (Wildman–Crippen LogP) is 5.89. The van der Waals surface area contributed by atoms with Gasteiger partial charge in [0.1, 0.15) is 0 Å². The van der Waals surface area contributed by atoms with Gasteiger partial charge in [0.2, 0.25) is 0 Å². The highest BCUT2D eigenvalue weighted by Gasteiger charge is 2.41. The summed E-state index contributed by atoms with van der Waals surface area (Å²) in [7, 11) is 1.42. The highest BCUT2D eigenvalue weighted by atomic mass is 35.5. The van der Waals surface area contributed by atoms with Gasteiger partial charge in [0.15, 0.2) is 0 Å². The molecule has 0 bridgehead atoms. The Balaban J connectivity index is 1.88. The van der Waals surface area contributed by atoms with Crippen LogP contribution in [0.3, 0.4) is 0 Å². The molecule has 0 aliphatic heterocycles. The monoisotopic (exact) mass is 438 g/mol. The lowest BCUT2D eigenvalue weighted by Crippen LogP contribution is -2.19. The summed E-state index contributed by atoms with van der Waals surface area (Å²) < 4.78 is 4.67. The number of halogens is 1. The highest BCUT2D eigenvalue weighted by molar-refractivity contribution is 6.21. The number of aliphatic hydroxyl groups excluding tert-OH is 2. The van der Waals surface area contributed by atoms with E-state index in [1.165, 1.54) is 7.11 Å². The Bertz CT molecular complexity index is 618. The van der Waals surface area contributed by atoms with Gasteiger partial charge in [-0.3, -0.25) is 4.79 Å². The van der Waals surface area contributed by atoms with E-state index in [1.807, 2.05) is 12.1 Å². The number of alkyl halides is 1. The summed E-state index contributed by atoms with van der Waals surface area (Å²) in [6.07, 6.45) is 9.35. The molecule has 4 nitrogen and oxygen atoms in total. The van der Waals surface area contributed by atoms with Crippen molar-refractivity contribution in [3.8, 4) is 0 Å². The molecule has 0 aromatic heterocycles. The van der Waals surface area contributed by atoms with E-state index in [1.54, 1.807) is 0 Å². The summed E-state index contributed by atoms with van der Waals surface area (Å²) in [6, 6.07) is 8.13. The summed E-state index contributed by atoms with van der Waals surface area (Å²) >= 11 is 6.61. The van der Waals surface area contributed by atoms with Crippen LogP contribution in [0.25, 0.3) is 0 Å². The van der Waals surface area contributed by atoms with Crippen LogP contribution >= 0.6 is 11.6 Å². The number of hydrogen-bond acceptors (Lipinski definition) is 4. The summed E-state index contributed by atoms with van der Waals surface area (Å²) in [4.78, 5) is 11.2. The number of carbonyl (C=O) groups is 1. The quantitative estimate of drug-likeness (QED) is 0.229. The zero-order valence-electron chi connectivity index (χ0n) is 18.6. The molecule has 1 aliphatic rings. The van der Waals surface area contributed by atoms with E-state index in [-0.39, 0.29) is 23.2 Å². The molecule has 1 saturated carbocycles. The fraction of sp³-hybridized carbons (Fsp3) is 0.720. The number of hydrogen-bond donors (Lipinski definition) is 2. The molecule has 0 heterocycles. The molecule has 1 fully saturated rings. The first-order valence-electron chi connectivity index (χ1n) is 11.6. The minimum absolute atomic E-state index is 0.0145. The van der Waals surface area contributed by atoms with Gasteiger partial charge < -0.3 is 14.9 Å². The Morgan fingerprint density at radius 1 is 1.13 bits per heavy atom. The molecule has 5 atom stereocenters. The second-order valence-electron chi connectivity index (χ2n) is 8.72. The van der Waals surface area contributed by atoms with Crippen molar-refractivity contribution in [2.75, 3.05) is 7.11 Å². The second kappa shape index (κ2) is 13.3. The number of rotatable bonds is 13. The van der Waals surface area contributed by atoms with E-state index < -0.39 is 12.2 Å². The molecule has 1 unspecified atom stereocenters. The molecule has 0 saturated heterocycles. The van der Waals surface area contributed by atoms with Crippen LogP contribution in [-0.4, -0.2) is 34.8 Å². The molecule has 170 valence electrons. The lowest BCUT2D eigenvalue weighted by atomic mass is 9.83. The number of unbranched alkanes of at least 4 members (excludes halogenated alkanes) is 5. The standard InChI is InChI=1S/C25H39ClO4/c1-3-4-7-11-22(27)18-13-15-19(16-14-18)25-20(21(26)17-23(25)28)10-8-5-6-9-12-24(29)30-2/h13-16,20-23,25,27-28H,3-12,17H2,1-2H3/t20-,21-,22?,23+,25+/m0/s1. The van der Waals surface area contributed by atoms with Crippen molar-refractivity contribution in [3.63, 3.8) is 0 Å². The Labute approximate surface area is 187 Å². The van der Waals surface area contributed by atoms with Crippen LogP contribution in [0.1, 0.15) is 101 Å². The van der Waals surface area contributed by atoms with E-state index >= 15 is 0 Å². The summed E-state index contributed by atoms with van der Waals surface area (Å²) in [5.41, 5.74) is 2.07. The third kappa shape index (κ3) is 7.55. The van der Waals surface area contributed by atoms with E-state index in [2.05, 4.69) is 23.8 Å². The van der Waals surface area contributed by atoms with Gasteiger partial charge in [-0.25, -0.2) is 0 Å². The highest BCUT2D eigenvalue weighted by Crippen LogP contribution is 2.45. The van der Waals surface area contributed by atoms with Crippen LogP contribution in [0.2, 0.25) is 0 Å². The third-order valence-corrected chi connectivity index (χ3v) is 6.99. The van der Waals surface area contributed by atoms with E-state index in [0.717, 1.165) is 68.9 Å². The fourth-order valence-electron chi connectivity index (χ4n) is 4.69. The number of ether oxygens (including phenoxy) is 1. The molecule has 1 aliphatic carbocycles. The minimum Gasteiger partial charge on any atom is -0.469 e. The third-order valence-electron chi connectivity index (χ3n) is 6.49. The topological polar surface area (TPSA) is 66.8 Å². The first kappa shape index (κ1) is 25.2. The molecule has 30 heavy (non-hydrogen) atoms. The number of carbonyl (C=O) groups excluding carboxylic acids is 1. The van der Waals surface area contributed by atoms with Gasteiger partial charge in [0.05, 0.1) is 19.3 Å². The Hall–Kier alpha value is -1.10. The van der Waals surface area contributed by atoms with E-state index in [0.29, 0.717) is 12.8 Å². The minimum atomic E-state index is -0.419. The van der Waals surface area contributed by atoms with Crippen molar-refractivity contribution in [1.29, 1.82) is 0 Å². The van der Waals surface area contributed by atoms with Crippen molar-refractivity contribution in [2.45, 2.75) is 101 Å². The Morgan fingerprint density at radius 2 is 1.83 bits per heavy atom. The molecule has 0 spiro atoms. The smallest absolute Gasteiger partial charge is 0.305 e. The van der Waals surface area contributed by atoms with Crippen molar-refractivity contribution in [1.82, 2.24) is 0 Å². The fourth-order valence-corrected chi connectivity index (χ4v) is 5.16. The van der Waals surface area contributed by atoms with Crippen LogP contribution in [0, 0.1) is 5.92 Å². The van der Waals surface area contributed by atoms with Gasteiger partial charge in [-0.1, -0.05) is 69.7 Å².